The van der Waals surface area contributed by atoms with Crippen molar-refractivity contribution in [3.05, 3.63) is 23.8 Å². The maximum Gasteiger partial charge on any atom is 0.161 e. The number of hydrogen-bond acceptors (Lipinski definition) is 4. The quantitative estimate of drug-likeness (QED) is 0.825. The van der Waals surface area contributed by atoms with Crippen molar-refractivity contribution >= 4 is 0 Å². The molecule has 2 aliphatic heterocycles. The van der Waals surface area contributed by atoms with Crippen molar-refractivity contribution < 1.29 is 14.2 Å². The Morgan fingerprint density at radius 3 is 2.78 bits per heavy atom. The average Bonchev–Trinajstić information content (AvgIpc) is 2.63. The van der Waals surface area contributed by atoms with Gasteiger partial charge in [0.2, 0.25) is 0 Å². The first kappa shape index (κ1) is 11.8. The molecule has 1 aromatic carbocycles. The van der Waals surface area contributed by atoms with E-state index in [1.54, 1.807) is 0 Å². The summed E-state index contributed by atoms with van der Waals surface area (Å²) in [6, 6.07) is 6.43. The molecule has 1 saturated heterocycles. The van der Waals surface area contributed by atoms with E-state index in [0.717, 1.165) is 49.8 Å². The highest BCUT2D eigenvalue weighted by Crippen LogP contribution is 2.34. The van der Waals surface area contributed by atoms with Crippen LogP contribution in [0.4, 0.5) is 0 Å². The molecule has 0 saturated carbocycles. The van der Waals surface area contributed by atoms with Crippen molar-refractivity contribution in [1.29, 1.82) is 0 Å². The zero-order valence-electron chi connectivity index (χ0n) is 10.6. The minimum absolute atomic E-state index is 0.0934. The molecule has 98 valence electrons. The molecule has 1 aromatic rings. The fourth-order valence-corrected chi connectivity index (χ4v) is 2.47. The summed E-state index contributed by atoms with van der Waals surface area (Å²) in [6.07, 6.45) is 1.03. The molecule has 2 aliphatic rings. The number of hydrogen-bond donors (Lipinski definition) is 1. The summed E-state index contributed by atoms with van der Waals surface area (Å²) in [5.41, 5.74) is 1.15. The highest BCUT2D eigenvalue weighted by atomic mass is 16.5. The number of rotatable bonds is 1. The third kappa shape index (κ3) is 2.31. The van der Waals surface area contributed by atoms with Crippen LogP contribution in [0.5, 0.6) is 11.5 Å². The van der Waals surface area contributed by atoms with Crippen molar-refractivity contribution in [1.82, 2.24) is 5.32 Å². The fraction of sp³-hybridized carbons (Fsp3) is 0.571. The first-order valence-corrected chi connectivity index (χ1v) is 6.59. The second-order valence-corrected chi connectivity index (χ2v) is 4.79. The Labute approximate surface area is 107 Å². The van der Waals surface area contributed by atoms with Crippen LogP contribution in [0.2, 0.25) is 0 Å². The lowest BCUT2D eigenvalue weighted by Crippen LogP contribution is -2.41. The maximum atomic E-state index is 5.84. The molecule has 1 fully saturated rings. The maximum absolute atomic E-state index is 5.84. The summed E-state index contributed by atoms with van der Waals surface area (Å²) >= 11 is 0. The molecule has 0 radical (unpaired) electrons. The van der Waals surface area contributed by atoms with Gasteiger partial charge in [0.25, 0.3) is 0 Å². The molecule has 18 heavy (non-hydrogen) atoms. The van der Waals surface area contributed by atoms with Gasteiger partial charge in [-0.05, 0) is 24.6 Å². The zero-order chi connectivity index (χ0) is 12.4. The Morgan fingerprint density at radius 2 is 1.94 bits per heavy atom. The number of nitrogens with one attached hydrogen (secondary N) is 1. The molecule has 4 nitrogen and oxygen atoms in total. The first-order chi connectivity index (χ1) is 8.84. The topological polar surface area (TPSA) is 39.7 Å². The van der Waals surface area contributed by atoms with Gasteiger partial charge in [0.05, 0.1) is 25.9 Å². The molecule has 4 heteroatoms. The summed E-state index contributed by atoms with van der Waals surface area (Å²) in [5, 5.41) is 3.43. The first-order valence-electron chi connectivity index (χ1n) is 6.59. The number of morpholine rings is 1. The van der Waals surface area contributed by atoms with E-state index in [9.17, 15) is 0 Å². The van der Waals surface area contributed by atoms with Crippen LogP contribution >= 0.6 is 0 Å². The van der Waals surface area contributed by atoms with Gasteiger partial charge in [-0.3, -0.25) is 0 Å². The Balaban J connectivity index is 1.86. The van der Waals surface area contributed by atoms with Gasteiger partial charge in [-0.2, -0.15) is 0 Å². The van der Waals surface area contributed by atoms with Crippen LogP contribution in [-0.2, 0) is 4.74 Å². The molecule has 2 unspecified atom stereocenters. The average molecular weight is 249 g/mol. The molecule has 2 heterocycles. The van der Waals surface area contributed by atoms with Crippen LogP contribution in [-0.4, -0.2) is 32.4 Å². The van der Waals surface area contributed by atoms with Crippen LogP contribution in [0.25, 0.3) is 0 Å². The zero-order valence-corrected chi connectivity index (χ0v) is 10.6. The van der Waals surface area contributed by atoms with Crippen molar-refractivity contribution in [2.75, 3.05) is 26.4 Å². The van der Waals surface area contributed by atoms with Crippen molar-refractivity contribution in [3.8, 4) is 11.5 Å². The Morgan fingerprint density at radius 1 is 1.11 bits per heavy atom. The normalized spacial score (nSPS) is 27.6. The van der Waals surface area contributed by atoms with Crippen molar-refractivity contribution in [2.45, 2.75) is 25.5 Å². The molecular formula is C14H19NO3. The molecular weight excluding hydrogens is 230 g/mol. The predicted molar refractivity (Wildman–Crippen MR) is 68.2 cm³/mol. The highest BCUT2D eigenvalue weighted by Gasteiger charge is 2.24. The Kier molecular flexibility index (Phi) is 3.39. The van der Waals surface area contributed by atoms with Gasteiger partial charge in [-0.25, -0.2) is 0 Å². The SMILES string of the molecule is CC1NCCOC1c1ccc2c(c1)OCCCO2. The molecule has 0 spiro atoms. The van der Waals surface area contributed by atoms with E-state index in [2.05, 4.69) is 24.4 Å². The standard InChI is InChI=1S/C14H19NO3/c1-10-14(18-8-5-15-10)11-3-4-12-13(9-11)17-7-2-6-16-12/h3-4,9-10,14-15H,2,5-8H2,1H3. The lowest BCUT2D eigenvalue weighted by atomic mass is 10.0. The summed E-state index contributed by atoms with van der Waals surface area (Å²) < 4.78 is 17.2. The van der Waals surface area contributed by atoms with Gasteiger partial charge in [0.15, 0.2) is 11.5 Å². The summed E-state index contributed by atoms with van der Waals surface area (Å²) in [4.78, 5) is 0. The third-order valence-corrected chi connectivity index (χ3v) is 3.42. The van der Waals surface area contributed by atoms with E-state index in [4.69, 9.17) is 14.2 Å². The summed E-state index contributed by atoms with van der Waals surface area (Å²) in [6.45, 7) is 5.26. The largest absolute Gasteiger partial charge is 0.490 e. The van der Waals surface area contributed by atoms with E-state index in [-0.39, 0.29) is 6.10 Å². The minimum Gasteiger partial charge on any atom is -0.490 e. The Hall–Kier alpha value is -1.26. The molecule has 0 aromatic heterocycles. The predicted octanol–water partition coefficient (Wildman–Crippen LogP) is 1.90. The lowest BCUT2D eigenvalue weighted by Gasteiger charge is -2.30. The van der Waals surface area contributed by atoms with Crippen LogP contribution in [0.15, 0.2) is 18.2 Å². The van der Waals surface area contributed by atoms with Crippen molar-refractivity contribution in [3.63, 3.8) is 0 Å². The number of ether oxygens (including phenoxy) is 3. The van der Waals surface area contributed by atoms with Gasteiger partial charge in [0, 0.05) is 19.0 Å². The smallest absolute Gasteiger partial charge is 0.161 e. The number of fused-ring (bicyclic) bond motifs is 1. The van der Waals surface area contributed by atoms with Crippen molar-refractivity contribution in [2.24, 2.45) is 0 Å². The molecule has 3 rings (SSSR count). The molecule has 0 amide bonds. The lowest BCUT2D eigenvalue weighted by molar-refractivity contribution is -0.000360. The van der Waals surface area contributed by atoms with E-state index >= 15 is 0 Å². The van der Waals surface area contributed by atoms with Gasteiger partial charge in [-0.1, -0.05) is 6.07 Å². The summed E-state index contributed by atoms with van der Waals surface area (Å²) in [7, 11) is 0. The minimum atomic E-state index is 0.0934. The van der Waals surface area contributed by atoms with E-state index in [1.807, 2.05) is 6.07 Å². The van der Waals surface area contributed by atoms with E-state index < -0.39 is 0 Å². The highest BCUT2D eigenvalue weighted by molar-refractivity contribution is 5.44. The molecule has 0 aliphatic carbocycles. The third-order valence-electron chi connectivity index (χ3n) is 3.42. The van der Waals surface area contributed by atoms with Crippen LogP contribution < -0.4 is 14.8 Å². The van der Waals surface area contributed by atoms with Crippen LogP contribution in [0.3, 0.4) is 0 Å². The van der Waals surface area contributed by atoms with Gasteiger partial charge in [0.1, 0.15) is 0 Å². The van der Waals surface area contributed by atoms with Gasteiger partial charge >= 0.3 is 0 Å². The number of benzene rings is 1. The van der Waals surface area contributed by atoms with Gasteiger partial charge in [-0.15, -0.1) is 0 Å². The Bertz CT molecular complexity index is 422. The van der Waals surface area contributed by atoms with E-state index in [1.165, 1.54) is 0 Å². The molecule has 0 bridgehead atoms. The van der Waals surface area contributed by atoms with Crippen LogP contribution in [0.1, 0.15) is 25.0 Å². The fourth-order valence-electron chi connectivity index (χ4n) is 2.47. The monoisotopic (exact) mass is 249 g/mol. The van der Waals surface area contributed by atoms with Crippen LogP contribution in [0, 0.1) is 0 Å². The second kappa shape index (κ2) is 5.16. The summed E-state index contributed by atoms with van der Waals surface area (Å²) in [5.74, 6) is 1.68. The molecule has 2 atom stereocenters. The van der Waals surface area contributed by atoms with Gasteiger partial charge < -0.3 is 19.5 Å². The molecule has 1 N–H and O–H groups in total. The van der Waals surface area contributed by atoms with E-state index in [0.29, 0.717) is 6.04 Å². The second-order valence-electron chi connectivity index (χ2n) is 4.79.